The van der Waals surface area contributed by atoms with Crippen molar-refractivity contribution >= 4 is 47.1 Å². The molecule has 0 bridgehead atoms. The van der Waals surface area contributed by atoms with Gasteiger partial charge in [-0.3, -0.25) is 38.4 Å². The van der Waals surface area contributed by atoms with Gasteiger partial charge in [-0.25, -0.2) is 0 Å². The average molecular weight is 1100 g/mol. The SMILES string of the molecule is CC[C@@H](C)C(=O)N[C@H](C(=O)N1C[C@@H](NC(=O)c2ccc(C(=O)N[C@H]3C[C@@H](C(=O)N4CC[C@H](c5ccccc5)C4)N(C(=O)[C@@H](CC(=O)[C@H](C)NC)C4CCCCC4)C3)cc2)C[C@H]1C(=O)N1CC[C@H](c2ccccc2)C1)C1CCCCC1. The summed E-state index contributed by atoms with van der Waals surface area (Å²) in [4.78, 5) is 122. The third-order valence-corrected chi connectivity index (χ3v) is 19.0. The highest BCUT2D eigenvalue weighted by Crippen LogP contribution is 2.38. The van der Waals surface area contributed by atoms with Crippen molar-refractivity contribution in [2.45, 2.75) is 172 Å². The molecule has 6 aliphatic rings. The lowest BCUT2D eigenvalue weighted by molar-refractivity contribution is -0.148. The number of likely N-dealkylation sites (tertiary alicyclic amines) is 4. The van der Waals surface area contributed by atoms with Crippen LogP contribution in [0.4, 0.5) is 0 Å². The Morgan fingerprint density at radius 1 is 0.550 bits per heavy atom. The molecule has 9 rings (SSSR count). The van der Waals surface area contributed by atoms with Crippen molar-refractivity contribution in [2.24, 2.45) is 23.7 Å². The van der Waals surface area contributed by atoms with E-state index in [0.29, 0.717) is 43.7 Å². The molecule has 0 unspecified atom stereocenters. The van der Waals surface area contributed by atoms with E-state index in [0.717, 1.165) is 82.6 Å². The van der Waals surface area contributed by atoms with Crippen LogP contribution >= 0.6 is 0 Å². The van der Waals surface area contributed by atoms with E-state index in [2.05, 4.69) is 45.5 Å². The molecule has 3 aromatic rings. The second-order valence-electron chi connectivity index (χ2n) is 24.1. The molecule has 4 saturated heterocycles. The van der Waals surface area contributed by atoms with Gasteiger partial charge in [0.15, 0.2) is 0 Å². The molecule has 0 aromatic heterocycles. The Morgan fingerprint density at radius 2 is 1.00 bits per heavy atom. The van der Waals surface area contributed by atoms with Crippen molar-refractivity contribution in [1.29, 1.82) is 0 Å². The largest absolute Gasteiger partial charge is 0.347 e. The van der Waals surface area contributed by atoms with Crippen LogP contribution in [-0.4, -0.2) is 149 Å². The van der Waals surface area contributed by atoms with Crippen LogP contribution in [0.1, 0.15) is 167 Å². The molecule has 2 aliphatic carbocycles. The number of carbonyl (C=O) groups excluding carboxylic acids is 8. The Kier molecular flexibility index (Phi) is 19.6. The fourth-order valence-electron chi connectivity index (χ4n) is 13.8. The molecule has 0 spiro atoms. The maximum absolute atomic E-state index is 15.0. The lowest BCUT2D eigenvalue weighted by atomic mass is 9.76. The van der Waals surface area contributed by atoms with Crippen LogP contribution in [-0.2, 0) is 28.8 Å². The van der Waals surface area contributed by atoms with E-state index in [1.807, 2.05) is 67.0 Å². The fraction of sp³-hybridized carbons (Fsp3) is 0.594. The van der Waals surface area contributed by atoms with Crippen molar-refractivity contribution in [2.75, 3.05) is 46.3 Å². The monoisotopic (exact) mass is 1090 g/mol. The van der Waals surface area contributed by atoms with Crippen molar-refractivity contribution in [3.63, 3.8) is 0 Å². The highest BCUT2D eigenvalue weighted by atomic mass is 16.2. The zero-order valence-corrected chi connectivity index (χ0v) is 47.6. The lowest BCUT2D eigenvalue weighted by Crippen LogP contribution is -2.57. The quantitative estimate of drug-likeness (QED) is 0.0978. The normalized spacial score (nSPS) is 25.1. The van der Waals surface area contributed by atoms with Crippen molar-refractivity contribution in [1.82, 2.24) is 40.9 Å². The molecular weight excluding hydrogens is 1010 g/mol. The predicted molar refractivity (Wildman–Crippen MR) is 306 cm³/mol. The minimum Gasteiger partial charge on any atom is -0.347 e. The Balaban J connectivity index is 0.890. The minimum absolute atomic E-state index is 0.0213. The molecular formula is C64H86N8O8. The van der Waals surface area contributed by atoms with Gasteiger partial charge in [0.25, 0.3) is 11.8 Å². The summed E-state index contributed by atoms with van der Waals surface area (Å²) in [6.07, 6.45) is 12.1. The number of hydrogen-bond acceptors (Lipinski definition) is 9. The van der Waals surface area contributed by atoms with E-state index in [4.69, 9.17) is 0 Å². The molecule has 430 valence electrons. The number of rotatable bonds is 19. The van der Waals surface area contributed by atoms with Crippen molar-refractivity contribution in [3.05, 3.63) is 107 Å². The molecule has 4 heterocycles. The molecule has 7 amide bonds. The number of nitrogens with one attached hydrogen (secondary N) is 4. The molecule has 10 atom stereocenters. The number of Topliss-reactive ketones (excluding diaryl/α,β-unsaturated/α-hetero) is 1. The first-order valence-electron chi connectivity index (χ1n) is 30.2. The number of hydrogen-bond donors (Lipinski definition) is 4. The summed E-state index contributed by atoms with van der Waals surface area (Å²) in [5.74, 6) is -2.38. The molecule has 80 heavy (non-hydrogen) atoms. The summed E-state index contributed by atoms with van der Waals surface area (Å²) in [5.41, 5.74) is 2.92. The smallest absolute Gasteiger partial charge is 0.251 e. The van der Waals surface area contributed by atoms with Gasteiger partial charge in [0, 0.05) is 92.6 Å². The minimum atomic E-state index is -0.832. The van der Waals surface area contributed by atoms with Gasteiger partial charge in [0.1, 0.15) is 23.9 Å². The molecule has 16 nitrogen and oxygen atoms in total. The highest BCUT2D eigenvalue weighted by Gasteiger charge is 2.49. The molecule has 0 radical (unpaired) electrons. The van der Waals surface area contributed by atoms with Crippen LogP contribution < -0.4 is 21.3 Å². The molecule has 2 saturated carbocycles. The molecule has 6 fully saturated rings. The van der Waals surface area contributed by atoms with Crippen LogP contribution in [0.25, 0.3) is 0 Å². The lowest BCUT2D eigenvalue weighted by Gasteiger charge is -2.35. The summed E-state index contributed by atoms with van der Waals surface area (Å²) < 4.78 is 0. The van der Waals surface area contributed by atoms with Crippen molar-refractivity contribution in [3.8, 4) is 0 Å². The molecule has 16 heteroatoms. The molecule has 4 aliphatic heterocycles. The van der Waals surface area contributed by atoms with Gasteiger partial charge in [0.05, 0.1) is 6.04 Å². The molecule has 3 aromatic carbocycles. The van der Waals surface area contributed by atoms with E-state index in [9.17, 15) is 33.6 Å². The summed E-state index contributed by atoms with van der Waals surface area (Å²) in [5, 5.41) is 12.4. The predicted octanol–water partition coefficient (Wildman–Crippen LogP) is 6.99. The summed E-state index contributed by atoms with van der Waals surface area (Å²) in [6.45, 7) is 8.00. The first-order chi connectivity index (χ1) is 38.7. The van der Waals surface area contributed by atoms with Crippen LogP contribution in [0.3, 0.4) is 0 Å². The van der Waals surface area contributed by atoms with Crippen molar-refractivity contribution < 1.29 is 38.4 Å². The van der Waals surface area contributed by atoms with Gasteiger partial charge in [-0.15, -0.1) is 0 Å². The van der Waals surface area contributed by atoms with Gasteiger partial charge < -0.3 is 40.9 Å². The second-order valence-corrected chi connectivity index (χ2v) is 24.1. The van der Waals surface area contributed by atoms with E-state index in [1.165, 1.54) is 5.56 Å². The number of benzene rings is 3. The number of likely N-dealkylation sites (N-methyl/N-ethyl adjacent to an activating group) is 1. The fourth-order valence-corrected chi connectivity index (χ4v) is 13.8. The number of amides is 7. The van der Waals surface area contributed by atoms with Gasteiger partial charge in [-0.1, -0.05) is 113 Å². The van der Waals surface area contributed by atoms with Crippen LogP contribution in [0.2, 0.25) is 0 Å². The Morgan fingerprint density at radius 3 is 1.45 bits per heavy atom. The summed E-state index contributed by atoms with van der Waals surface area (Å²) >= 11 is 0. The maximum Gasteiger partial charge on any atom is 0.251 e. The van der Waals surface area contributed by atoms with E-state index in [-0.39, 0.29) is 97.3 Å². The summed E-state index contributed by atoms with van der Waals surface area (Å²) in [7, 11) is 1.74. The van der Waals surface area contributed by atoms with Gasteiger partial charge in [-0.2, -0.15) is 0 Å². The second kappa shape index (κ2) is 26.9. The number of nitrogens with zero attached hydrogens (tertiary/aromatic N) is 4. The van der Waals surface area contributed by atoms with E-state index < -0.39 is 54.0 Å². The third-order valence-electron chi connectivity index (χ3n) is 19.0. The zero-order chi connectivity index (χ0) is 56.5. The average Bonchev–Trinajstić information content (AvgIpc) is 4.38. The number of ketones is 1. The van der Waals surface area contributed by atoms with Crippen LogP contribution in [0.5, 0.6) is 0 Å². The molecule has 4 N–H and O–H groups in total. The van der Waals surface area contributed by atoms with Crippen LogP contribution in [0, 0.1) is 23.7 Å². The Labute approximate surface area is 473 Å². The standard InChI is InChI=1S/C64H86N8O8/c1-5-41(2)58(74)68-57(46-24-16-9-17-25-46)64(80)72-40-52(35-55(72)63(79)70-33-31-50(38-70)44-20-12-7-13-21-44)67-60(76)48-28-26-47(27-29-48)59(75)66-51-34-54(62(78)69-32-30-49(37-69)43-18-10-6-11-19-43)71(39-51)61(77)53(36-56(73)42(3)65-4)45-22-14-8-15-23-45/h6-7,10-13,18-21,26-29,41-42,45-46,49-55,57,65H,5,8-9,14-17,22-25,30-40H2,1-4H3,(H,66,75)(H,67,76)(H,68,74)/t41-,42+,49+,50+,51+,52+,53+,54+,55+,57+/m1/s1. The first kappa shape index (κ1) is 58.2. The number of carbonyl (C=O) groups is 8. The first-order valence-corrected chi connectivity index (χ1v) is 30.2. The topological polar surface area (TPSA) is 198 Å². The van der Waals surface area contributed by atoms with E-state index in [1.54, 1.807) is 41.1 Å². The van der Waals surface area contributed by atoms with Gasteiger partial charge >= 0.3 is 0 Å². The van der Waals surface area contributed by atoms with Crippen LogP contribution in [0.15, 0.2) is 84.9 Å². The Hall–Kier alpha value is -6.42. The van der Waals surface area contributed by atoms with Gasteiger partial charge in [0.2, 0.25) is 29.5 Å². The third kappa shape index (κ3) is 13.7. The van der Waals surface area contributed by atoms with Gasteiger partial charge in [-0.05, 0) is 119 Å². The maximum atomic E-state index is 15.0. The Bertz CT molecular complexity index is 2480. The highest BCUT2D eigenvalue weighted by molar-refractivity contribution is 5.99. The summed E-state index contributed by atoms with van der Waals surface area (Å²) in [6, 6.07) is 22.6. The van der Waals surface area contributed by atoms with E-state index >= 15 is 4.79 Å². The zero-order valence-electron chi connectivity index (χ0n) is 47.6.